The normalized spacial score (nSPS) is 28.1. The van der Waals surface area contributed by atoms with E-state index in [0.29, 0.717) is 56.7 Å². The quantitative estimate of drug-likeness (QED) is 0.0385. The van der Waals surface area contributed by atoms with Crippen molar-refractivity contribution in [1.82, 2.24) is 4.90 Å². The van der Waals surface area contributed by atoms with E-state index in [4.69, 9.17) is 28.4 Å². The molecule has 2 heterocycles. The van der Waals surface area contributed by atoms with Gasteiger partial charge in [0, 0.05) is 51.4 Å². The van der Waals surface area contributed by atoms with Crippen LogP contribution in [0.3, 0.4) is 0 Å². The van der Waals surface area contributed by atoms with Gasteiger partial charge in [-0.25, -0.2) is 0 Å². The molecule has 1 unspecified atom stereocenters. The minimum atomic E-state index is -1.93. The maximum atomic E-state index is 14.3. The number of piperidine rings is 1. The lowest BCUT2D eigenvalue weighted by Crippen LogP contribution is -2.60. The van der Waals surface area contributed by atoms with Gasteiger partial charge in [-0.05, 0) is 109 Å². The number of hydrogen-bond acceptors (Lipinski definition) is 14. The number of carbonyl (C=O) groups is 4. The van der Waals surface area contributed by atoms with Crippen molar-refractivity contribution < 1.29 is 62.9 Å². The van der Waals surface area contributed by atoms with Crippen LogP contribution in [0.1, 0.15) is 132 Å². The van der Waals surface area contributed by atoms with Crippen LogP contribution in [0, 0.1) is 35.5 Å². The number of allylic oxidation sites excluding steroid dienone is 6. The summed E-state index contributed by atoms with van der Waals surface area (Å²) in [6, 6.07) is -1.55. The van der Waals surface area contributed by atoms with Gasteiger partial charge >= 0.3 is 5.97 Å². The van der Waals surface area contributed by atoms with Crippen LogP contribution < -0.4 is 0 Å². The molecule has 1 aliphatic carbocycles. The summed E-state index contributed by atoms with van der Waals surface area (Å²) >= 11 is 0. The zero-order valence-corrected chi connectivity index (χ0v) is 43.4. The number of nitrogens with zero attached hydrogens (tertiary/aromatic N) is 1. The lowest BCUT2D eigenvalue weighted by Gasteiger charge is -2.43. The van der Waals surface area contributed by atoms with Crippen molar-refractivity contribution >= 4 is 23.3 Å². The Morgan fingerprint density at radius 1 is 0.897 bits per heavy atom. The van der Waals surface area contributed by atoms with Gasteiger partial charge in [-0.15, -0.1) is 0 Å². The van der Waals surface area contributed by atoms with Crippen LogP contribution in [-0.2, 0) is 47.6 Å². The predicted octanol–water partition coefficient (Wildman–Crippen LogP) is 7.31. The average Bonchev–Trinajstić information content (AvgIpc) is 3.32. The molecule has 388 valence electrons. The molecule has 1 saturated carbocycles. The molecule has 3 rings (SSSR count). The molecule has 0 aromatic rings. The molecule has 68 heavy (non-hydrogen) atoms. The summed E-state index contributed by atoms with van der Waals surface area (Å²) < 4.78 is 34.4. The molecule has 0 radical (unpaired) electrons. The van der Waals surface area contributed by atoms with Crippen LogP contribution in [0.2, 0.25) is 0 Å². The number of likely N-dealkylation sites (tertiary alicyclic amines) is 1. The SMILES string of the molecule is COC[C@@H](C)/C(C)=C/C=C/C=C/[C@@H](C)C[C@@H](C)C(=O)[C@H](OC)[C@H](O)/C(C)=C/[C@@H](C)C(=O)C[C@@H](CC[C@@H]1CC[C@@H](OCCO)[C@H](OC)C1)OC(=O)[C@@H]1CCCCN1C(C)C(=O)[C@]1(O)OCCC[C@H]1C. The van der Waals surface area contributed by atoms with E-state index >= 15 is 0 Å². The Balaban J connectivity index is 1.74. The molecule has 0 amide bonds. The van der Waals surface area contributed by atoms with E-state index in [-0.39, 0.29) is 67.8 Å². The first-order valence-corrected chi connectivity index (χ1v) is 25.4. The molecule has 14 nitrogen and oxygen atoms in total. The third kappa shape index (κ3) is 17.7. The van der Waals surface area contributed by atoms with Gasteiger partial charge < -0.3 is 43.7 Å². The second-order valence-corrected chi connectivity index (χ2v) is 20.1. The molecule has 3 fully saturated rings. The van der Waals surface area contributed by atoms with Crippen LogP contribution in [0.5, 0.6) is 0 Å². The molecule has 0 aromatic heterocycles. The number of aliphatic hydroxyl groups is 3. The number of ketones is 3. The highest BCUT2D eigenvalue weighted by Crippen LogP contribution is 2.35. The third-order valence-corrected chi connectivity index (χ3v) is 14.7. The zero-order valence-electron chi connectivity index (χ0n) is 43.4. The molecule has 14 atom stereocenters. The minimum absolute atomic E-state index is 0.0716. The number of rotatable bonds is 29. The Hall–Kier alpha value is -2.92. The summed E-state index contributed by atoms with van der Waals surface area (Å²) in [6.45, 7) is 16.6. The van der Waals surface area contributed by atoms with Crippen molar-refractivity contribution in [2.75, 3.05) is 54.3 Å². The molecule has 14 heteroatoms. The van der Waals surface area contributed by atoms with Crippen molar-refractivity contribution in [3.05, 3.63) is 47.6 Å². The van der Waals surface area contributed by atoms with Gasteiger partial charge in [0.25, 0.3) is 0 Å². The summed E-state index contributed by atoms with van der Waals surface area (Å²) in [4.78, 5) is 57.7. The number of esters is 1. The number of Topliss-reactive ketones (excluding diaryl/α,β-unsaturated/α-hetero) is 3. The van der Waals surface area contributed by atoms with E-state index in [1.165, 1.54) is 12.7 Å². The highest BCUT2D eigenvalue weighted by Gasteiger charge is 2.49. The monoisotopic (exact) mass is 960 g/mol. The number of methoxy groups -OCH3 is 3. The van der Waals surface area contributed by atoms with Crippen molar-refractivity contribution in [2.45, 2.75) is 181 Å². The second-order valence-electron chi connectivity index (χ2n) is 20.1. The van der Waals surface area contributed by atoms with E-state index in [1.807, 2.05) is 43.1 Å². The highest BCUT2D eigenvalue weighted by atomic mass is 16.6. The van der Waals surface area contributed by atoms with Gasteiger partial charge in [-0.3, -0.25) is 24.1 Å². The Morgan fingerprint density at radius 3 is 2.29 bits per heavy atom. The Morgan fingerprint density at radius 2 is 1.63 bits per heavy atom. The van der Waals surface area contributed by atoms with Gasteiger partial charge in [0.1, 0.15) is 30.1 Å². The maximum absolute atomic E-state index is 14.3. The second kappa shape index (κ2) is 30.1. The van der Waals surface area contributed by atoms with Gasteiger partial charge in [-0.2, -0.15) is 0 Å². The van der Waals surface area contributed by atoms with Crippen LogP contribution >= 0.6 is 0 Å². The van der Waals surface area contributed by atoms with E-state index in [9.17, 15) is 34.5 Å². The summed E-state index contributed by atoms with van der Waals surface area (Å²) in [5.41, 5.74) is 1.65. The molecular weight excluding hydrogens is 871 g/mol. The average molecular weight is 960 g/mol. The highest BCUT2D eigenvalue weighted by molar-refractivity contribution is 5.91. The van der Waals surface area contributed by atoms with E-state index in [2.05, 4.69) is 19.9 Å². The fourth-order valence-electron chi connectivity index (χ4n) is 10.1. The first-order valence-electron chi connectivity index (χ1n) is 25.4. The van der Waals surface area contributed by atoms with Crippen LogP contribution in [0.15, 0.2) is 47.6 Å². The smallest absolute Gasteiger partial charge is 0.323 e. The first kappa shape index (κ1) is 59.4. The van der Waals surface area contributed by atoms with Gasteiger partial charge in [-0.1, -0.05) is 83.1 Å². The van der Waals surface area contributed by atoms with Crippen LogP contribution in [0.25, 0.3) is 0 Å². The van der Waals surface area contributed by atoms with Crippen LogP contribution in [-0.4, -0.2) is 146 Å². The molecule has 2 saturated heterocycles. The van der Waals surface area contributed by atoms with Crippen LogP contribution in [0.4, 0.5) is 0 Å². The minimum Gasteiger partial charge on any atom is -0.461 e. The van der Waals surface area contributed by atoms with Crippen molar-refractivity contribution in [3.63, 3.8) is 0 Å². The largest absolute Gasteiger partial charge is 0.461 e. The Bertz CT molecular complexity index is 1690. The molecule has 2 aliphatic heterocycles. The van der Waals surface area contributed by atoms with E-state index < -0.39 is 59.8 Å². The summed E-state index contributed by atoms with van der Waals surface area (Å²) in [7, 11) is 4.74. The van der Waals surface area contributed by atoms with Crippen molar-refractivity contribution in [3.8, 4) is 0 Å². The fourth-order valence-corrected chi connectivity index (χ4v) is 10.1. The summed E-state index contributed by atoms with van der Waals surface area (Å²) in [5.74, 6) is -4.18. The summed E-state index contributed by atoms with van der Waals surface area (Å²) in [6.07, 6.45) is 15.5. The maximum Gasteiger partial charge on any atom is 0.323 e. The molecule has 3 aliphatic rings. The first-order chi connectivity index (χ1) is 32.3. The molecular formula is C54H89NO13. The zero-order chi connectivity index (χ0) is 50.6. The van der Waals surface area contributed by atoms with E-state index in [0.717, 1.165) is 38.5 Å². The topological polar surface area (TPSA) is 188 Å². The number of hydrogen-bond donors (Lipinski definition) is 3. The Labute approximate surface area is 408 Å². The van der Waals surface area contributed by atoms with Gasteiger partial charge in [0.05, 0.1) is 44.7 Å². The molecule has 0 bridgehead atoms. The molecule has 0 aromatic carbocycles. The Kier molecular flexibility index (Phi) is 26.3. The van der Waals surface area contributed by atoms with Crippen molar-refractivity contribution in [2.24, 2.45) is 35.5 Å². The van der Waals surface area contributed by atoms with Crippen molar-refractivity contribution in [1.29, 1.82) is 0 Å². The van der Waals surface area contributed by atoms with Gasteiger partial charge in [0.15, 0.2) is 5.78 Å². The standard InChI is InChI=1S/C54H89NO13/c1-35(18-13-12-14-19-36(2)40(6)34-63-9)30-38(4)49(58)51(65-11)50(59)39(5)31-37(3)46(57)33-44(24-22-43-23-25-47(66-29-27-56)48(32-43)64-10)68-53(61)45-21-15-16-26-55(45)42(8)52(60)54(62)41(7)20-17-28-67-54/h12-14,18-19,31,35,37-38,40-45,47-48,50-51,56,59,62H,15-17,20-30,32-34H2,1-11H3/b14-12+,18-13+,36-19+,39-31+/t35-,37-,38-,40-,41-,42?,43-,44-,45+,47-,48-,50-,51+,54-/m1/s1. The summed E-state index contributed by atoms with van der Waals surface area (Å²) in [5, 5.41) is 32.2. The lowest BCUT2D eigenvalue weighted by atomic mass is 9.81. The predicted molar refractivity (Wildman–Crippen MR) is 263 cm³/mol. The number of aliphatic hydroxyl groups excluding tert-OH is 2. The number of ether oxygens (including phenoxy) is 6. The number of carbonyl (C=O) groups excluding carboxylic acids is 4. The van der Waals surface area contributed by atoms with E-state index in [1.54, 1.807) is 48.0 Å². The lowest BCUT2D eigenvalue weighted by molar-refractivity contribution is -0.244. The third-order valence-electron chi connectivity index (χ3n) is 14.7. The van der Waals surface area contributed by atoms with Gasteiger partial charge in [0.2, 0.25) is 11.6 Å². The molecule has 3 N–H and O–H groups in total. The fraction of sp³-hybridized carbons (Fsp3) is 0.778. The molecule has 0 spiro atoms.